The van der Waals surface area contributed by atoms with Crippen LogP contribution in [0, 0.1) is 0 Å². The van der Waals surface area contributed by atoms with Crippen LogP contribution in [0.15, 0.2) is 42.6 Å². The number of carbonyl (C=O) groups is 1. The van der Waals surface area contributed by atoms with E-state index in [1.165, 1.54) is 6.92 Å². The SMILES string of the molecule is CC(=O)OCn1cccc1-c1cccc(N)c1. The van der Waals surface area contributed by atoms with Crippen LogP contribution in [0.3, 0.4) is 0 Å². The van der Waals surface area contributed by atoms with Gasteiger partial charge in [-0.25, -0.2) is 0 Å². The first-order valence-corrected chi connectivity index (χ1v) is 5.31. The Morgan fingerprint density at radius 1 is 1.35 bits per heavy atom. The quantitative estimate of drug-likeness (QED) is 0.650. The van der Waals surface area contributed by atoms with Gasteiger partial charge in [0.05, 0.1) is 5.69 Å². The molecule has 17 heavy (non-hydrogen) atoms. The van der Waals surface area contributed by atoms with Gasteiger partial charge in [0.15, 0.2) is 6.73 Å². The van der Waals surface area contributed by atoms with Crippen LogP contribution in [-0.4, -0.2) is 10.5 Å². The van der Waals surface area contributed by atoms with Crippen molar-refractivity contribution in [2.45, 2.75) is 13.7 Å². The lowest BCUT2D eigenvalue weighted by Crippen LogP contribution is -2.06. The molecule has 0 radical (unpaired) electrons. The molecule has 0 saturated heterocycles. The van der Waals surface area contributed by atoms with Crippen molar-refractivity contribution in [2.24, 2.45) is 0 Å². The standard InChI is InChI=1S/C13H14N2O2/c1-10(16)17-9-15-7-3-6-13(15)11-4-2-5-12(14)8-11/h2-8H,9,14H2,1H3. The first-order chi connectivity index (χ1) is 8.16. The van der Waals surface area contributed by atoms with Crippen molar-refractivity contribution < 1.29 is 9.53 Å². The van der Waals surface area contributed by atoms with E-state index in [4.69, 9.17) is 10.5 Å². The number of aromatic nitrogens is 1. The number of carbonyl (C=O) groups excluding carboxylic acids is 1. The molecule has 1 aromatic heterocycles. The molecule has 2 N–H and O–H groups in total. The minimum Gasteiger partial charge on any atom is -0.444 e. The molecule has 2 aromatic rings. The zero-order chi connectivity index (χ0) is 12.3. The number of ether oxygens (including phenoxy) is 1. The van der Waals surface area contributed by atoms with E-state index >= 15 is 0 Å². The number of nitrogens with zero attached hydrogens (tertiary/aromatic N) is 1. The summed E-state index contributed by atoms with van der Waals surface area (Å²) < 4.78 is 6.83. The van der Waals surface area contributed by atoms with Gasteiger partial charge in [-0.1, -0.05) is 12.1 Å². The maximum atomic E-state index is 10.8. The molecule has 0 aliphatic heterocycles. The van der Waals surface area contributed by atoms with Gasteiger partial charge in [0, 0.05) is 24.4 Å². The molecule has 0 spiro atoms. The van der Waals surface area contributed by atoms with Crippen LogP contribution < -0.4 is 5.73 Å². The summed E-state index contributed by atoms with van der Waals surface area (Å²) in [5.41, 5.74) is 8.43. The zero-order valence-corrected chi connectivity index (χ0v) is 9.59. The van der Waals surface area contributed by atoms with E-state index in [0.717, 1.165) is 11.3 Å². The molecule has 0 atom stereocenters. The van der Waals surface area contributed by atoms with Crippen LogP contribution in [0.4, 0.5) is 5.69 Å². The third kappa shape index (κ3) is 2.66. The third-order valence-corrected chi connectivity index (χ3v) is 2.42. The monoisotopic (exact) mass is 230 g/mol. The van der Waals surface area contributed by atoms with Crippen molar-refractivity contribution in [3.05, 3.63) is 42.6 Å². The summed E-state index contributed by atoms with van der Waals surface area (Å²) in [5.74, 6) is -0.294. The Balaban J connectivity index is 2.27. The molecular formula is C13H14N2O2. The minimum atomic E-state index is -0.294. The van der Waals surface area contributed by atoms with E-state index in [9.17, 15) is 4.79 Å². The van der Waals surface area contributed by atoms with Crippen LogP contribution in [0.1, 0.15) is 6.92 Å². The number of anilines is 1. The summed E-state index contributed by atoms with van der Waals surface area (Å²) >= 11 is 0. The van der Waals surface area contributed by atoms with Gasteiger partial charge in [0.2, 0.25) is 0 Å². The molecule has 2 rings (SSSR count). The Labute approximate surface area is 99.6 Å². The average molecular weight is 230 g/mol. The molecule has 0 amide bonds. The van der Waals surface area contributed by atoms with Crippen molar-refractivity contribution in [2.75, 3.05) is 5.73 Å². The first kappa shape index (κ1) is 11.3. The zero-order valence-electron chi connectivity index (χ0n) is 9.59. The summed E-state index contributed by atoms with van der Waals surface area (Å²) in [6, 6.07) is 11.5. The smallest absolute Gasteiger partial charge is 0.304 e. The molecule has 1 heterocycles. The summed E-state index contributed by atoms with van der Waals surface area (Å²) in [5, 5.41) is 0. The van der Waals surface area contributed by atoms with Gasteiger partial charge >= 0.3 is 5.97 Å². The fraction of sp³-hybridized carbons (Fsp3) is 0.154. The Kier molecular flexibility index (Phi) is 3.14. The first-order valence-electron chi connectivity index (χ1n) is 5.31. The lowest BCUT2D eigenvalue weighted by molar-refractivity contribution is -0.144. The highest BCUT2D eigenvalue weighted by Crippen LogP contribution is 2.22. The number of hydrogen-bond donors (Lipinski definition) is 1. The number of benzene rings is 1. The van der Waals surface area contributed by atoms with Crippen molar-refractivity contribution in [3.8, 4) is 11.3 Å². The van der Waals surface area contributed by atoms with E-state index in [1.54, 1.807) is 0 Å². The molecule has 1 aromatic carbocycles. The van der Waals surface area contributed by atoms with E-state index < -0.39 is 0 Å². The Morgan fingerprint density at radius 2 is 2.18 bits per heavy atom. The minimum absolute atomic E-state index is 0.215. The van der Waals surface area contributed by atoms with Gasteiger partial charge in [-0.2, -0.15) is 0 Å². The summed E-state index contributed by atoms with van der Waals surface area (Å²) in [4.78, 5) is 10.8. The van der Waals surface area contributed by atoms with Crippen LogP contribution in [0.5, 0.6) is 0 Å². The Morgan fingerprint density at radius 3 is 2.88 bits per heavy atom. The molecular weight excluding hydrogens is 216 g/mol. The molecule has 4 nitrogen and oxygen atoms in total. The van der Waals surface area contributed by atoms with Gasteiger partial charge in [-0.05, 0) is 24.3 Å². The van der Waals surface area contributed by atoms with Crippen molar-refractivity contribution in [1.82, 2.24) is 4.57 Å². The number of nitrogens with two attached hydrogens (primary N) is 1. The predicted octanol–water partition coefficient (Wildman–Crippen LogP) is 2.26. The lowest BCUT2D eigenvalue weighted by Gasteiger charge is -2.09. The van der Waals surface area contributed by atoms with Gasteiger partial charge in [0.1, 0.15) is 0 Å². The highest BCUT2D eigenvalue weighted by molar-refractivity contribution is 5.66. The van der Waals surface area contributed by atoms with Crippen molar-refractivity contribution in [3.63, 3.8) is 0 Å². The molecule has 88 valence electrons. The van der Waals surface area contributed by atoms with Crippen LogP contribution in [0.2, 0.25) is 0 Å². The van der Waals surface area contributed by atoms with E-state index in [1.807, 2.05) is 47.2 Å². The maximum absolute atomic E-state index is 10.8. The molecule has 0 saturated carbocycles. The average Bonchev–Trinajstić information content (AvgIpc) is 2.74. The van der Waals surface area contributed by atoms with E-state index in [0.29, 0.717) is 5.69 Å². The number of hydrogen-bond acceptors (Lipinski definition) is 3. The van der Waals surface area contributed by atoms with Gasteiger partial charge < -0.3 is 15.0 Å². The topological polar surface area (TPSA) is 57.2 Å². The maximum Gasteiger partial charge on any atom is 0.304 e. The molecule has 0 aliphatic carbocycles. The number of esters is 1. The Bertz CT molecular complexity index is 532. The summed E-state index contributed by atoms with van der Waals surface area (Å²) in [6.07, 6.45) is 1.86. The van der Waals surface area contributed by atoms with Gasteiger partial charge in [0.25, 0.3) is 0 Å². The van der Waals surface area contributed by atoms with Crippen LogP contribution >= 0.6 is 0 Å². The molecule has 0 unspecified atom stereocenters. The largest absolute Gasteiger partial charge is 0.444 e. The second-order valence-electron chi connectivity index (χ2n) is 3.75. The summed E-state index contributed by atoms with van der Waals surface area (Å²) in [7, 11) is 0. The molecule has 4 heteroatoms. The third-order valence-electron chi connectivity index (χ3n) is 2.42. The van der Waals surface area contributed by atoms with E-state index in [-0.39, 0.29) is 12.7 Å². The number of nitrogen functional groups attached to an aromatic ring is 1. The van der Waals surface area contributed by atoms with Crippen molar-refractivity contribution in [1.29, 1.82) is 0 Å². The number of rotatable bonds is 3. The Hall–Kier alpha value is -2.23. The van der Waals surface area contributed by atoms with Crippen molar-refractivity contribution >= 4 is 11.7 Å². The normalized spacial score (nSPS) is 10.2. The van der Waals surface area contributed by atoms with E-state index in [2.05, 4.69) is 0 Å². The molecule has 0 fully saturated rings. The summed E-state index contributed by atoms with van der Waals surface area (Å²) in [6.45, 7) is 1.61. The fourth-order valence-corrected chi connectivity index (χ4v) is 1.65. The van der Waals surface area contributed by atoms with Crippen LogP contribution in [-0.2, 0) is 16.3 Å². The predicted molar refractivity (Wildman–Crippen MR) is 66.0 cm³/mol. The highest BCUT2D eigenvalue weighted by Gasteiger charge is 2.05. The second kappa shape index (κ2) is 4.74. The second-order valence-corrected chi connectivity index (χ2v) is 3.75. The highest BCUT2D eigenvalue weighted by atomic mass is 16.5. The molecule has 0 aliphatic rings. The van der Waals surface area contributed by atoms with Gasteiger partial charge in [-0.15, -0.1) is 0 Å². The lowest BCUT2D eigenvalue weighted by atomic mass is 10.1. The fourth-order valence-electron chi connectivity index (χ4n) is 1.65. The van der Waals surface area contributed by atoms with Crippen LogP contribution in [0.25, 0.3) is 11.3 Å². The van der Waals surface area contributed by atoms with Gasteiger partial charge in [-0.3, -0.25) is 4.79 Å². The molecule has 0 bridgehead atoms.